The van der Waals surface area contributed by atoms with Crippen molar-refractivity contribution in [3.8, 4) is 22.5 Å². The molecule has 0 aliphatic carbocycles. The maximum absolute atomic E-state index is 11.9. The largest absolute Gasteiger partial charge is 0.422 e. The van der Waals surface area contributed by atoms with E-state index >= 15 is 0 Å². The molecule has 104 valence electrons. The second-order valence-corrected chi connectivity index (χ2v) is 4.88. The normalized spacial score (nSPS) is 10.5. The predicted octanol–water partition coefficient (Wildman–Crippen LogP) is 4.54. The van der Waals surface area contributed by atoms with Gasteiger partial charge in [0.2, 0.25) is 0 Å². The van der Waals surface area contributed by atoms with E-state index in [2.05, 4.69) is 6.92 Å². The summed E-state index contributed by atoms with van der Waals surface area (Å²) in [6.45, 7) is 2.05. The summed E-state index contributed by atoms with van der Waals surface area (Å²) in [5, 5.41) is 0. The highest BCUT2D eigenvalue weighted by molar-refractivity contribution is 5.81. The maximum atomic E-state index is 11.9. The van der Waals surface area contributed by atoms with E-state index in [0.29, 0.717) is 5.76 Å². The van der Waals surface area contributed by atoms with Crippen molar-refractivity contribution in [3.05, 3.63) is 82.7 Å². The average molecular weight is 276 g/mol. The summed E-state index contributed by atoms with van der Waals surface area (Å²) in [5.74, 6) is 0.645. The molecular formula is C19H16O2. The zero-order chi connectivity index (χ0) is 14.7. The number of aryl methyl sites for hydroxylation is 1. The monoisotopic (exact) mass is 276 g/mol. The van der Waals surface area contributed by atoms with E-state index < -0.39 is 0 Å². The van der Waals surface area contributed by atoms with Crippen LogP contribution in [0.1, 0.15) is 12.5 Å². The quantitative estimate of drug-likeness (QED) is 0.703. The molecule has 0 aliphatic rings. The van der Waals surface area contributed by atoms with E-state index in [4.69, 9.17) is 4.42 Å². The van der Waals surface area contributed by atoms with Crippen molar-refractivity contribution in [3.63, 3.8) is 0 Å². The van der Waals surface area contributed by atoms with E-state index in [1.165, 1.54) is 0 Å². The average Bonchev–Trinajstić information content (AvgIpc) is 2.55. The lowest BCUT2D eigenvalue weighted by Gasteiger charge is -2.12. The standard InChI is InChI=1S/C19H16O2/c1-2-14-13-17(20)21-19(16-11-7-4-8-12-16)18(14)15-9-5-3-6-10-15/h3-13H,2H2,1H3. The maximum Gasteiger partial charge on any atom is 0.336 e. The van der Waals surface area contributed by atoms with Gasteiger partial charge in [0.05, 0.1) is 0 Å². The summed E-state index contributed by atoms with van der Waals surface area (Å²) in [5.41, 5.74) is 3.70. The third-order valence-electron chi connectivity index (χ3n) is 3.52. The molecule has 3 aromatic rings. The molecule has 21 heavy (non-hydrogen) atoms. The molecule has 0 fully saturated rings. The van der Waals surface area contributed by atoms with Crippen molar-refractivity contribution in [2.75, 3.05) is 0 Å². The molecule has 1 aromatic heterocycles. The Morgan fingerprint density at radius 2 is 1.43 bits per heavy atom. The SMILES string of the molecule is CCc1cc(=O)oc(-c2ccccc2)c1-c1ccccc1. The van der Waals surface area contributed by atoms with Crippen LogP contribution >= 0.6 is 0 Å². The van der Waals surface area contributed by atoms with Crippen LogP contribution in [0, 0.1) is 0 Å². The van der Waals surface area contributed by atoms with Gasteiger partial charge in [0.25, 0.3) is 0 Å². The van der Waals surface area contributed by atoms with E-state index in [9.17, 15) is 4.79 Å². The van der Waals surface area contributed by atoms with Crippen LogP contribution in [0.3, 0.4) is 0 Å². The highest BCUT2D eigenvalue weighted by Gasteiger charge is 2.15. The molecule has 0 bridgehead atoms. The van der Waals surface area contributed by atoms with Crippen LogP contribution in [0.15, 0.2) is 75.9 Å². The van der Waals surface area contributed by atoms with Crippen LogP contribution in [0.5, 0.6) is 0 Å². The fraction of sp³-hybridized carbons (Fsp3) is 0.105. The van der Waals surface area contributed by atoms with Crippen molar-refractivity contribution >= 4 is 0 Å². The zero-order valence-corrected chi connectivity index (χ0v) is 11.9. The molecule has 0 amide bonds. The molecule has 0 spiro atoms. The Bertz CT molecular complexity index is 787. The Morgan fingerprint density at radius 3 is 2.00 bits per heavy atom. The fourth-order valence-corrected chi connectivity index (χ4v) is 2.53. The highest BCUT2D eigenvalue weighted by Crippen LogP contribution is 2.33. The lowest BCUT2D eigenvalue weighted by atomic mass is 9.95. The smallest absolute Gasteiger partial charge is 0.336 e. The molecule has 2 nitrogen and oxygen atoms in total. The third-order valence-corrected chi connectivity index (χ3v) is 3.52. The number of hydrogen-bond acceptors (Lipinski definition) is 2. The molecule has 0 N–H and O–H groups in total. The second kappa shape index (κ2) is 5.80. The van der Waals surface area contributed by atoms with Crippen LogP contribution in [0.4, 0.5) is 0 Å². The summed E-state index contributed by atoms with van der Waals surface area (Å²) >= 11 is 0. The molecule has 0 saturated heterocycles. The number of hydrogen-bond donors (Lipinski definition) is 0. The van der Waals surface area contributed by atoms with Crippen molar-refractivity contribution in [2.45, 2.75) is 13.3 Å². The van der Waals surface area contributed by atoms with Gasteiger partial charge in [-0.25, -0.2) is 4.79 Å². The minimum atomic E-state index is -0.301. The molecule has 1 heterocycles. The summed E-state index contributed by atoms with van der Waals surface area (Å²) in [7, 11) is 0. The molecule has 0 atom stereocenters. The van der Waals surface area contributed by atoms with Crippen molar-refractivity contribution in [1.82, 2.24) is 0 Å². The minimum absolute atomic E-state index is 0.301. The third kappa shape index (κ3) is 2.65. The van der Waals surface area contributed by atoms with Crippen LogP contribution in [-0.2, 0) is 6.42 Å². The van der Waals surface area contributed by atoms with Gasteiger partial charge in [-0.15, -0.1) is 0 Å². The summed E-state index contributed by atoms with van der Waals surface area (Å²) in [6.07, 6.45) is 0.787. The van der Waals surface area contributed by atoms with E-state index in [1.54, 1.807) is 6.07 Å². The van der Waals surface area contributed by atoms with Crippen LogP contribution < -0.4 is 5.63 Å². The van der Waals surface area contributed by atoms with Gasteiger partial charge in [0, 0.05) is 17.2 Å². The van der Waals surface area contributed by atoms with Crippen molar-refractivity contribution < 1.29 is 4.42 Å². The summed E-state index contributed by atoms with van der Waals surface area (Å²) < 4.78 is 5.54. The van der Waals surface area contributed by atoms with Gasteiger partial charge in [0.15, 0.2) is 0 Å². The Labute approximate surface area is 123 Å². The Kier molecular flexibility index (Phi) is 3.69. The first-order valence-electron chi connectivity index (χ1n) is 7.07. The first-order chi connectivity index (χ1) is 10.3. The Balaban J connectivity index is 2.33. The minimum Gasteiger partial charge on any atom is -0.422 e. The first kappa shape index (κ1) is 13.4. The number of benzene rings is 2. The Hall–Kier alpha value is -2.61. The van der Waals surface area contributed by atoms with Crippen LogP contribution in [0.25, 0.3) is 22.5 Å². The summed E-state index contributed by atoms with van der Waals surface area (Å²) in [4.78, 5) is 11.9. The molecule has 2 heteroatoms. The Morgan fingerprint density at radius 1 is 0.857 bits per heavy atom. The van der Waals surface area contributed by atoms with Gasteiger partial charge in [-0.1, -0.05) is 67.6 Å². The van der Waals surface area contributed by atoms with Gasteiger partial charge in [-0.05, 0) is 17.5 Å². The van der Waals surface area contributed by atoms with Crippen LogP contribution in [-0.4, -0.2) is 0 Å². The lowest BCUT2D eigenvalue weighted by Crippen LogP contribution is -2.03. The van der Waals surface area contributed by atoms with E-state index in [1.807, 2.05) is 60.7 Å². The molecule has 2 aromatic carbocycles. The lowest BCUT2D eigenvalue weighted by molar-refractivity contribution is 0.525. The molecular weight excluding hydrogens is 260 g/mol. The van der Waals surface area contributed by atoms with Gasteiger partial charge in [0.1, 0.15) is 5.76 Å². The molecule has 0 radical (unpaired) electrons. The van der Waals surface area contributed by atoms with Gasteiger partial charge >= 0.3 is 5.63 Å². The van der Waals surface area contributed by atoms with Crippen molar-refractivity contribution in [1.29, 1.82) is 0 Å². The van der Waals surface area contributed by atoms with E-state index in [-0.39, 0.29) is 5.63 Å². The van der Waals surface area contributed by atoms with Gasteiger partial charge in [-0.3, -0.25) is 0 Å². The van der Waals surface area contributed by atoms with E-state index in [0.717, 1.165) is 28.7 Å². The van der Waals surface area contributed by atoms with Gasteiger partial charge in [-0.2, -0.15) is 0 Å². The number of rotatable bonds is 3. The molecule has 0 aliphatic heterocycles. The van der Waals surface area contributed by atoms with Gasteiger partial charge < -0.3 is 4.42 Å². The van der Waals surface area contributed by atoms with Crippen molar-refractivity contribution in [2.24, 2.45) is 0 Å². The fourth-order valence-electron chi connectivity index (χ4n) is 2.53. The second-order valence-electron chi connectivity index (χ2n) is 4.88. The highest BCUT2D eigenvalue weighted by atomic mass is 16.4. The zero-order valence-electron chi connectivity index (χ0n) is 11.9. The summed E-state index contributed by atoms with van der Waals surface area (Å²) in [6, 6.07) is 21.4. The topological polar surface area (TPSA) is 30.2 Å². The van der Waals surface area contributed by atoms with Crippen LogP contribution in [0.2, 0.25) is 0 Å². The predicted molar refractivity (Wildman–Crippen MR) is 85.2 cm³/mol. The molecule has 0 saturated carbocycles. The first-order valence-corrected chi connectivity index (χ1v) is 7.07. The molecule has 0 unspecified atom stereocenters. The molecule has 3 rings (SSSR count).